The van der Waals surface area contributed by atoms with Crippen LogP contribution >= 0.6 is 11.8 Å². The third-order valence-electron chi connectivity index (χ3n) is 3.64. The van der Waals surface area contributed by atoms with E-state index in [1.54, 1.807) is 0 Å². The molecule has 1 aromatic heterocycles. The van der Waals surface area contributed by atoms with E-state index in [2.05, 4.69) is 23.5 Å². The van der Waals surface area contributed by atoms with Crippen molar-refractivity contribution in [3.8, 4) is 0 Å². The predicted molar refractivity (Wildman–Crippen MR) is 78.0 cm³/mol. The Morgan fingerprint density at radius 3 is 2.78 bits per heavy atom. The average molecular weight is 267 g/mol. The standard InChI is InChI=1S/C14H25N3S/c1-3-15-13-8-6-4-5-7-9-14(13)18-12-10-16-17(2)11-12/h10-11,13-15H,3-9H2,1-2H3. The van der Waals surface area contributed by atoms with E-state index < -0.39 is 0 Å². The van der Waals surface area contributed by atoms with Gasteiger partial charge in [0.25, 0.3) is 0 Å². The van der Waals surface area contributed by atoms with Crippen LogP contribution in [0, 0.1) is 0 Å². The lowest BCUT2D eigenvalue weighted by Crippen LogP contribution is -2.38. The molecule has 1 aliphatic carbocycles. The summed E-state index contributed by atoms with van der Waals surface area (Å²) in [6.07, 6.45) is 12.3. The van der Waals surface area contributed by atoms with Crippen molar-refractivity contribution in [2.75, 3.05) is 6.54 Å². The lowest BCUT2D eigenvalue weighted by atomic mass is 9.96. The van der Waals surface area contributed by atoms with Crippen molar-refractivity contribution in [2.45, 2.75) is 61.6 Å². The Kier molecular flexibility index (Phi) is 5.57. The fraction of sp³-hybridized carbons (Fsp3) is 0.786. The highest BCUT2D eigenvalue weighted by molar-refractivity contribution is 8.00. The Balaban J connectivity index is 1.99. The van der Waals surface area contributed by atoms with Crippen LogP contribution in [0.2, 0.25) is 0 Å². The van der Waals surface area contributed by atoms with E-state index in [4.69, 9.17) is 0 Å². The van der Waals surface area contributed by atoms with Crippen LogP contribution in [0.15, 0.2) is 17.3 Å². The van der Waals surface area contributed by atoms with E-state index in [0.29, 0.717) is 11.3 Å². The number of hydrogen-bond acceptors (Lipinski definition) is 3. The van der Waals surface area contributed by atoms with Crippen LogP contribution in [0.1, 0.15) is 45.4 Å². The zero-order valence-electron chi connectivity index (χ0n) is 11.6. The molecule has 0 spiro atoms. The van der Waals surface area contributed by atoms with E-state index >= 15 is 0 Å². The molecule has 4 heteroatoms. The van der Waals surface area contributed by atoms with Crippen LogP contribution in [0.25, 0.3) is 0 Å². The van der Waals surface area contributed by atoms with Gasteiger partial charge in [-0.3, -0.25) is 4.68 Å². The lowest BCUT2D eigenvalue weighted by molar-refractivity contribution is 0.406. The molecule has 1 aliphatic rings. The van der Waals surface area contributed by atoms with Crippen LogP contribution in [-0.2, 0) is 7.05 Å². The van der Waals surface area contributed by atoms with Gasteiger partial charge in [-0.05, 0) is 19.4 Å². The van der Waals surface area contributed by atoms with Gasteiger partial charge in [0, 0.05) is 29.4 Å². The van der Waals surface area contributed by atoms with Crippen LogP contribution in [0.3, 0.4) is 0 Å². The molecule has 2 atom stereocenters. The first-order valence-electron chi connectivity index (χ1n) is 7.18. The van der Waals surface area contributed by atoms with Gasteiger partial charge in [0.05, 0.1) is 6.20 Å². The lowest BCUT2D eigenvalue weighted by Gasteiger charge is -2.29. The van der Waals surface area contributed by atoms with Crippen molar-refractivity contribution < 1.29 is 0 Å². The monoisotopic (exact) mass is 267 g/mol. The molecule has 18 heavy (non-hydrogen) atoms. The van der Waals surface area contributed by atoms with Gasteiger partial charge >= 0.3 is 0 Å². The largest absolute Gasteiger partial charge is 0.313 e. The van der Waals surface area contributed by atoms with Gasteiger partial charge in [0.2, 0.25) is 0 Å². The van der Waals surface area contributed by atoms with E-state index in [-0.39, 0.29) is 0 Å². The van der Waals surface area contributed by atoms with E-state index in [1.807, 2.05) is 29.7 Å². The minimum absolute atomic E-state index is 0.667. The fourth-order valence-corrected chi connectivity index (χ4v) is 4.07. The van der Waals surface area contributed by atoms with Crippen LogP contribution < -0.4 is 5.32 Å². The Morgan fingerprint density at radius 1 is 1.33 bits per heavy atom. The first-order valence-corrected chi connectivity index (χ1v) is 8.06. The van der Waals surface area contributed by atoms with Crippen molar-refractivity contribution in [1.82, 2.24) is 15.1 Å². The minimum atomic E-state index is 0.667. The summed E-state index contributed by atoms with van der Waals surface area (Å²) in [5.41, 5.74) is 0. The second-order valence-electron chi connectivity index (χ2n) is 5.16. The molecular formula is C14H25N3S. The number of nitrogens with one attached hydrogen (secondary N) is 1. The SMILES string of the molecule is CCNC1CCCCCCC1Sc1cnn(C)c1. The molecule has 1 N–H and O–H groups in total. The maximum absolute atomic E-state index is 4.27. The number of hydrogen-bond donors (Lipinski definition) is 1. The van der Waals surface area contributed by atoms with Crippen molar-refractivity contribution >= 4 is 11.8 Å². The minimum Gasteiger partial charge on any atom is -0.313 e. The summed E-state index contributed by atoms with van der Waals surface area (Å²) in [5.74, 6) is 0. The number of rotatable bonds is 4. The number of thioether (sulfide) groups is 1. The molecule has 1 saturated carbocycles. The summed E-state index contributed by atoms with van der Waals surface area (Å²) >= 11 is 2.01. The molecule has 0 aliphatic heterocycles. The quantitative estimate of drug-likeness (QED) is 0.908. The van der Waals surface area contributed by atoms with Crippen molar-refractivity contribution in [3.05, 3.63) is 12.4 Å². The van der Waals surface area contributed by atoms with Gasteiger partial charge in [0.15, 0.2) is 0 Å². The summed E-state index contributed by atoms with van der Waals surface area (Å²) in [6.45, 7) is 3.29. The van der Waals surface area contributed by atoms with Gasteiger partial charge in [-0.2, -0.15) is 5.10 Å². The highest BCUT2D eigenvalue weighted by atomic mass is 32.2. The second kappa shape index (κ2) is 7.19. The molecule has 0 bridgehead atoms. The highest BCUT2D eigenvalue weighted by Gasteiger charge is 2.23. The molecule has 1 heterocycles. The van der Waals surface area contributed by atoms with Crippen molar-refractivity contribution in [2.24, 2.45) is 7.05 Å². The Labute approximate surface area is 115 Å². The molecule has 0 saturated heterocycles. The molecule has 2 unspecified atom stereocenters. The maximum Gasteiger partial charge on any atom is 0.0625 e. The summed E-state index contributed by atoms with van der Waals surface area (Å²) in [4.78, 5) is 1.31. The summed E-state index contributed by atoms with van der Waals surface area (Å²) < 4.78 is 1.90. The number of nitrogens with zero attached hydrogens (tertiary/aromatic N) is 2. The predicted octanol–water partition coefficient (Wildman–Crippen LogP) is 3.21. The van der Waals surface area contributed by atoms with Gasteiger partial charge < -0.3 is 5.32 Å². The first-order chi connectivity index (χ1) is 8.79. The van der Waals surface area contributed by atoms with Gasteiger partial charge in [0.1, 0.15) is 0 Å². The van der Waals surface area contributed by atoms with E-state index in [9.17, 15) is 0 Å². The van der Waals surface area contributed by atoms with Crippen LogP contribution in [0.5, 0.6) is 0 Å². The zero-order valence-corrected chi connectivity index (χ0v) is 12.4. The van der Waals surface area contributed by atoms with Gasteiger partial charge in [-0.15, -0.1) is 11.8 Å². The Morgan fingerprint density at radius 2 is 2.11 bits per heavy atom. The summed E-state index contributed by atoms with van der Waals surface area (Å²) in [7, 11) is 1.99. The van der Waals surface area contributed by atoms with E-state index in [0.717, 1.165) is 6.54 Å². The fourth-order valence-electron chi connectivity index (χ4n) is 2.72. The maximum atomic E-state index is 4.27. The molecule has 1 aromatic rings. The zero-order chi connectivity index (χ0) is 12.8. The summed E-state index contributed by atoms with van der Waals surface area (Å²) in [6, 6.07) is 0.667. The van der Waals surface area contributed by atoms with E-state index in [1.165, 1.54) is 43.4 Å². The van der Waals surface area contributed by atoms with Gasteiger partial charge in [-0.1, -0.05) is 32.6 Å². The number of aryl methyl sites for hydroxylation is 1. The first kappa shape index (κ1) is 13.9. The molecule has 0 amide bonds. The highest BCUT2D eigenvalue weighted by Crippen LogP contribution is 2.32. The number of aromatic nitrogens is 2. The summed E-state index contributed by atoms with van der Waals surface area (Å²) in [5, 5.41) is 8.66. The molecule has 0 aromatic carbocycles. The molecule has 2 rings (SSSR count). The smallest absolute Gasteiger partial charge is 0.0625 e. The Hall–Kier alpha value is -0.480. The van der Waals surface area contributed by atoms with Crippen LogP contribution in [0.4, 0.5) is 0 Å². The molecular weight excluding hydrogens is 242 g/mol. The normalized spacial score (nSPS) is 25.7. The Bertz CT molecular complexity index is 351. The third-order valence-corrected chi connectivity index (χ3v) is 4.99. The molecule has 102 valence electrons. The molecule has 0 radical (unpaired) electrons. The molecule has 1 fully saturated rings. The van der Waals surface area contributed by atoms with Crippen LogP contribution in [-0.4, -0.2) is 27.6 Å². The molecule has 3 nitrogen and oxygen atoms in total. The third kappa shape index (κ3) is 4.02. The second-order valence-corrected chi connectivity index (χ2v) is 6.47. The van der Waals surface area contributed by atoms with Crippen molar-refractivity contribution in [1.29, 1.82) is 0 Å². The topological polar surface area (TPSA) is 29.9 Å². The van der Waals surface area contributed by atoms with Gasteiger partial charge in [-0.25, -0.2) is 0 Å². The average Bonchev–Trinajstić information content (AvgIpc) is 2.73. The van der Waals surface area contributed by atoms with Crippen molar-refractivity contribution in [3.63, 3.8) is 0 Å².